The Morgan fingerprint density at radius 3 is 2.45 bits per heavy atom. The molecule has 0 bridgehead atoms. The van der Waals surface area contributed by atoms with Gasteiger partial charge in [0.2, 0.25) is 5.91 Å². The molecule has 1 aliphatic carbocycles. The molecule has 2 fully saturated rings. The number of thioether (sulfide) groups is 1. The molecule has 2 heterocycles. The quantitative estimate of drug-likeness (QED) is 0.638. The van der Waals surface area contributed by atoms with Crippen molar-refractivity contribution in [2.24, 2.45) is 0 Å². The summed E-state index contributed by atoms with van der Waals surface area (Å²) in [5.74, 6) is 0.784. The molecular weight excluding hydrogens is 387 g/mol. The van der Waals surface area contributed by atoms with Gasteiger partial charge in [0.05, 0.1) is 11.3 Å². The Morgan fingerprint density at radius 1 is 1.07 bits per heavy atom. The molecule has 2 aliphatic rings. The summed E-state index contributed by atoms with van der Waals surface area (Å²) in [6, 6.07) is 7.55. The fraction of sp³-hybridized carbons (Fsp3) is 0.591. The number of benzene rings is 1. The number of carbonyl (C=O) groups is 1. The lowest BCUT2D eigenvalue weighted by molar-refractivity contribution is -0.134. The van der Waals surface area contributed by atoms with E-state index in [-0.39, 0.29) is 29.8 Å². The van der Waals surface area contributed by atoms with E-state index in [4.69, 9.17) is 0 Å². The summed E-state index contributed by atoms with van der Waals surface area (Å²) < 4.78 is 16.5. The molecule has 1 saturated carbocycles. The van der Waals surface area contributed by atoms with E-state index in [1.54, 1.807) is 12.1 Å². The first-order valence-electron chi connectivity index (χ1n) is 10.7. The molecule has 2 aromatic rings. The number of hydrogen-bond donors (Lipinski definition) is 0. The van der Waals surface area contributed by atoms with Gasteiger partial charge in [0, 0.05) is 18.1 Å². The molecule has 4 rings (SSSR count). The minimum Gasteiger partial charge on any atom is -0.337 e. The van der Waals surface area contributed by atoms with Crippen LogP contribution in [0.25, 0.3) is 11.4 Å². The molecule has 1 amide bonds. The number of carbonyl (C=O) groups excluding carboxylic acids is 1. The maximum atomic E-state index is 14.4. The molecule has 1 aromatic heterocycles. The van der Waals surface area contributed by atoms with Gasteiger partial charge in [0.15, 0.2) is 11.0 Å². The number of piperidine rings is 1. The van der Waals surface area contributed by atoms with Crippen molar-refractivity contribution in [3.8, 4) is 11.4 Å². The van der Waals surface area contributed by atoms with E-state index in [0.29, 0.717) is 17.1 Å². The Bertz CT molecular complexity index is 854. The van der Waals surface area contributed by atoms with Crippen LogP contribution in [0.15, 0.2) is 29.4 Å². The van der Waals surface area contributed by atoms with Gasteiger partial charge in [-0.2, -0.15) is 0 Å². The minimum absolute atomic E-state index is 0.156. The largest absolute Gasteiger partial charge is 0.337 e. The fourth-order valence-corrected chi connectivity index (χ4v) is 5.68. The van der Waals surface area contributed by atoms with Crippen LogP contribution >= 0.6 is 11.8 Å². The molecule has 156 valence electrons. The summed E-state index contributed by atoms with van der Waals surface area (Å²) in [6.45, 7) is 4.27. The minimum atomic E-state index is -0.289. The molecule has 7 heteroatoms. The Balaban J connectivity index is 1.57. The third kappa shape index (κ3) is 4.20. The van der Waals surface area contributed by atoms with Gasteiger partial charge in [-0.1, -0.05) is 36.7 Å². The predicted molar refractivity (Wildman–Crippen MR) is 113 cm³/mol. The number of aromatic nitrogens is 3. The Kier molecular flexibility index (Phi) is 6.23. The normalized spacial score (nSPS) is 22.9. The monoisotopic (exact) mass is 416 g/mol. The molecule has 0 N–H and O–H groups in total. The second-order valence-electron chi connectivity index (χ2n) is 8.31. The van der Waals surface area contributed by atoms with Gasteiger partial charge in [-0.15, -0.1) is 10.2 Å². The van der Waals surface area contributed by atoms with Crippen LogP contribution in [0.4, 0.5) is 4.39 Å². The molecule has 1 saturated heterocycles. The van der Waals surface area contributed by atoms with E-state index >= 15 is 0 Å². The number of likely N-dealkylation sites (tertiary alicyclic amines) is 1. The lowest BCUT2D eigenvalue weighted by atomic mass is 9.98. The standard InChI is InChI=1S/C22H29FN4OS/c1-15-8-7-9-16(2)26(15)20(28)14-29-22-25-24-21(18-12-5-6-13-19(18)23)27(22)17-10-3-4-11-17/h5-6,12-13,15-17H,3-4,7-11,14H2,1-2H3/t15-,16-/m1/s1. The van der Waals surface area contributed by atoms with Crippen molar-refractivity contribution in [2.45, 2.75) is 82.1 Å². The summed E-state index contributed by atoms with van der Waals surface area (Å²) in [5, 5.41) is 9.43. The highest BCUT2D eigenvalue weighted by Gasteiger charge is 2.30. The number of hydrogen-bond acceptors (Lipinski definition) is 4. The van der Waals surface area contributed by atoms with Crippen molar-refractivity contribution < 1.29 is 9.18 Å². The van der Waals surface area contributed by atoms with Crippen LogP contribution < -0.4 is 0 Å². The molecule has 29 heavy (non-hydrogen) atoms. The highest BCUT2D eigenvalue weighted by molar-refractivity contribution is 7.99. The van der Waals surface area contributed by atoms with Crippen molar-refractivity contribution in [2.75, 3.05) is 5.75 Å². The van der Waals surface area contributed by atoms with Crippen LogP contribution in [-0.4, -0.2) is 43.4 Å². The molecule has 1 aromatic carbocycles. The van der Waals surface area contributed by atoms with E-state index in [1.165, 1.54) is 24.2 Å². The maximum Gasteiger partial charge on any atom is 0.233 e. The topological polar surface area (TPSA) is 51.0 Å². The lowest BCUT2D eigenvalue weighted by Crippen LogP contribution is -2.48. The lowest BCUT2D eigenvalue weighted by Gasteiger charge is -2.39. The van der Waals surface area contributed by atoms with Crippen LogP contribution in [-0.2, 0) is 4.79 Å². The van der Waals surface area contributed by atoms with Gasteiger partial charge < -0.3 is 4.90 Å². The molecule has 0 radical (unpaired) electrons. The molecule has 0 unspecified atom stereocenters. The average Bonchev–Trinajstić information content (AvgIpc) is 3.36. The van der Waals surface area contributed by atoms with E-state index in [0.717, 1.165) is 43.7 Å². The summed E-state index contributed by atoms with van der Waals surface area (Å²) in [7, 11) is 0. The third-order valence-electron chi connectivity index (χ3n) is 6.28. The molecule has 5 nitrogen and oxygen atoms in total. The molecule has 1 aliphatic heterocycles. The van der Waals surface area contributed by atoms with Crippen LogP contribution in [0, 0.1) is 5.82 Å². The second kappa shape index (κ2) is 8.86. The first kappa shape index (κ1) is 20.4. The van der Waals surface area contributed by atoms with Gasteiger partial charge in [-0.25, -0.2) is 4.39 Å². The van der Waals surface area contributed by atoms with Crippen molar-refractivity contribution in [1.82, 2.24) is 19.7 Å². The zero-order valence-corrected chi connectivity index (χ0v) is 18.0. The highest BCUT2D eigenvalue weighted by Crippen LogP contribution is 2.37. The van der Waals surface area contributed by atoms with Crippen molar-refractivity contribution in [1.29, 1.82) is 0 Å². The highest BCUT2D eigenvalue weighted by atomic mass is 32.2. The van der Waals surface area contributed by atoms with Gasteiger partial charge >= 0.3 is 0 Å². The van der Waals surface area contributed by atoms with Crippen LogP contribution in [0.1, 0.15) is 64.8 Å². The number of rotatable bonds is 5. The molecule has 0 spiro atoms. The smallest absolute Gasteiger partial charge is 0.233 e. The van der Waals surface area contributed by atoms with Crippen molar-refractivity contribution in [3.05, 3.63) is 30.1 Å². The summed E-state index contributed by atoms with van der Waals surface area (Å²) in [5.41, 5.74) is 0.475. The van der Waals surface area contributed by atoms with Crippen LogP contribution in [0.2, 0.25) is 0 Å². The Hall–Kier alpha value is -1.89. The summed E-state index contributed by atoms with van der Waals surface area (Å²) >= 11 is 1.44. The van der Waals surface area contributed by atoms with Crippen molar-refractivity contribution in [3.63, 3.8) is 0 Å². The Morgan fingerprint density at radius 2 is 1.76 bits per heavy atom. The Labute approximate surface area is 176 Å². The summed E-state index contributed by atoms with van der Waals surface area (Å²) in [4.78, 5) is 15.0. The second-order valence-corrected chi connectivity index (χ2v) is 9.26. The molecular formula is C22H29FN4OS. The van der Waals surface area contributed by atoms with Gasteiger partial charge in [0.25, 0.3) is 0 Å². The first-order valence-corrected chi connectivity index (χ1v) is 11.7. The average molecular weight is 417 g/mol. The van der Waals surface area contributed by atoms with E-state index in [2.05, 4.69) is 28.6 Å². The van der Waals surface area contributed by atoms with Gasteiger partial charge in [-0.05, 0) is 58.1 Å². The van der Waals surface area contributed by atoms with E-state index < -0.39 is 0 Å². The van der Waals surface area contributed by atoms with Crippen molar-refractivity contribution >= 4 is 17.7 Å². The zero-order chi connectivity index (χ0) is 20.4. The van der Waals surface area contributed by atoms with E-state index in [9.17, 15) is 9.18 Å². The predicted octanol–water partition coefficient (Wildman–Crippen LogP) is 5.08. The van der Waals surface area contributed by atoms with Crippen LogP contribution in [0.5, 0.6) is 0 Å². The maximum absolute atomic E-state index is 14.4. The first-order chi connectivity index (χ1) is 14.1. The van der Waals surface area contributed by atoms with Crippen LogP contribution in [0.3, 0.4) is 0 Å². The SMILES string of the molecule is C[C@@H]1CCC[C@@H](C)N1C(=O)CSc1nnc(-c2ccccc2F)n1C1CCCC1. The van der Waals surface area contributed by atoms with E-state index in [1.807, 2.05) is 11.0 Å². The fourth-order valence-electron chi connectivity index (χ4n) is 4.81. The van der Waals surface area contributed by atoms with Gasteiger partial charge in [-0.3, -0.25) is 9.36 Å². The number of amides is 1. The number of halogens is 1. The number of nitrogens with zero attached hydrogens (tertiary/aromatic N) is 4. The van der Waals surface area contributed by atoms with Gasteiger partial charge in [0.1, 0.15) is 5.82 Å². The summed E-state index contributed by atoms with van der Waals surface area (Å²) in [6.07, 6.45) is 7.72. The third-order valence-corrected chi connectivity index (χ3v) is 7.20. The molecule has 2 atom stereocenters. The zero-order valence-electron chi connectivity index (χ0n) is 17.2.